The Balaban J connectivity index is 2.12. The number of aliphatic hydroxyl groups is 1. The third kappa shape index (κ3) is 5.74. The van der Waals surface area contributed by atoms with E-state index in [1.807, 2.05) is 0 Å². The zero-order valence-electron chi connectivity index (χ0n) is 15.9. The van der Waals surface area contributed by atoms with Gasteiger partial charge in [0.25, 0.3) is 5.91 Å². The van der Waals surface area contributed by atoms with Crippen LogP contribution < -0.4 is 21.8 Å². The Morgan fingerprint density at radius 2 is 2.10 bits per heavy atom. The fourth-order valence-corrected chi connectivity index (χ4v) is 2.83. The number of halogens is 2. The maximum absolute atomic E-state index is 13.6. The maximum atomic E-state index is 13.6. The smallest absolute Gasteiger partial charge is 0.273 e. The molecule has 2 rings (SSSR count). The number of rotatable bonds is 10. The highest BCUT2D eigenvalue weighted by molar-refractivity contribution is 6.60. The molecule has 1 atom stereocenters. The first-order valence-electron chi connectivity index (χ1n) is 8.73. The molecule has 12 heteroatoms. The summed E-state index contributed by atoms with van der Waals surface area (Å²) in [6.45, 7) is 2.62. The van der Waals surface area contributed by atoms with E-state index < -0.39 is 46.2 Å². The molecule has 0 aliphatic heterocycles. The van der Waals surface area contributed by atoms with Crippen LogP contribution in [-0.4, -0.2) is 51.6 Å². The van der Waals surface area contributed by atoms with Crippen LogP contribution in [0.1, 0.15) is 26.7 Å². The van der Waals surface area contributed by atoms with Gasteiger partial charge in [-0.15, -0.1) is 0 Å². The number of hydrazone groups is 1. The Bertz CT molecular complexity index is 837. The van der Waals surface area contributed by atoms with Gasteiger partial charge >= 0.3 is 0 Å². The summed E-state index contributed by atoms with van der Waals surface area (Å²) < 4.78 is 26.5. The van der Waals surface area contributed by atoms with Gasteiger partial charge < -0.3 is 21.6 Å². The topological polar surface area (TPSA) is 166 Å². The van der Waals surface area contributed by atoms with Gasteiger partial charge in [0.05, 0.1) is 12.4 Å². The lowest BCUT2D eigenvalue weighted by Gasteiger charge is -2.37. The van der Waals surface area contributed by atoms with Gasteiger partial charge in [0, 0.05) is 12.6 Å². The number of nitrogens with one attached hydrogen (secondary N) is 4. The Hall–Kier alpha value is -2.99. The van der Waals surface area contributed by atoms with E-state index in [2.05, 4.69) is 26.1 Å². The van der Waals surface area contributed by atoms with Crippen molar-refractivity contribution in [1.29, 1.82) is 5.41 Å². The quantitative estimate of drug-likeness (QED) is 0.178. The molecule has 0 bridgehead atoms. The highest BCUT2D eigenvalue weighted by Gasteiger charge is 2.52. The summed E-state index contributed by atoms with van der Waals surface area (Å²) in [4.78, 5) is 27.9. The average Bonchev–Trinajstić information content (AvgIpc) is 3.45. The number of nitrogens with zero attached hydrogens (tertiary/aromatic N) is 2. The molecule has 0 saturated heterocycles. The van der Waals surface area contributed by atoms with Crippen LogP contribution in [0.4, 0.5) is 14.6 Å². The van der Waals surface area contributed by atoms with Gasteiger partial charge in [0.2, 0.25) is 5.91 Å². The molecule has 1 unspecified atom stereocenters. The highest BCUT2D eigenvalue weighted by atomic mass is 19.1. The fourth-order valence-electron chi connectivity index (χ4n) is 2.83. The van der Waals surface area contributed by atoms with Crippen molar-refractivity contribution in [2.45, 2.75) is 38.0 Å². The van der Waals surface area contributed by atoms with E-state index in [0.717, 1.165) is 6.20 Å². The van der Waals surface area contributed by atoms with Gasteiger partial charge in [-0.3, -0.25) is 20.3 Å². The molecule has 1 saturated carbocycles. The first-order valence-corrected chi connectivity index (χ1v) is 8.73. The Morgan fingerprint density at radius 1 is 1.45 bits per heavy atom. The average molecular weight is 411 g/mol. The van der Waals surface area contributed by atoms with E-state index in [1.54, 1.807) is 0 Å². The zero-order valence-corrected chi connectivity index (χ0v) is 15.9. The summed E-state index contributed by atoms with van der Waals surface area (Å²) in [5.74, 6) is -4.13. The van der Waals surface area contributed by atoms with Crippen molar-refractivity contribution in [2.24, 2.45) is 16.8 Å². The van der Waals surface area contributed by atoms with E-state index in [-0.39, 0.29) is 12.5 Å². The Kier molecular flexibility index (Phi) is 6.59. The van der Waals surface area contributed by atoms with Gasteiger partial charge in [0.1, 0.15) is 17.1 Å². The molecule has 1 aliphatic rings. The van der Waals surface area contributed by atoms with Crippen LogP contribution in [0, 0.1) is 23.0 Å². The van der Waals surface area contributed by atoms with Crippen molar-refractivity contribution in [3.8, 4) is 0 Å². The number of carbonyl (C=O) groups excluding carboxylic acids is 2. The SMILES string of the molecule is CC(C)(O)NC(CNC(=O)/C(C=N)=N/Nc1ncc(F)cc1F)(C(N)=O)C1CC1. The predicted molar refractivity (Wildman–Crippen MR) is 101 cm³/mol. The van der Waals surface area contributed by atoms with E-state index in [9.17, 15) is 23.5 Å². The second-order valence-electron chi connectivity index (χ2n) is 7.21. The molecule has 1 heterocycles. The van der Waals surface area contributed by atoms with E-state index >= 15 is 0 Å². The van der Waals surface area contributed by atoms with Gasteiger partial charge in [-0.2, -0.15) is 5.10 Å². The lowest BCUT2D eigenvalue weighted by atomic mass is 9.90. The van der Waals surface area contributed by atoms with Gasteiger partial charge in [-0.05, 0) is 32.6 Å². The molecular weight excluding hydrogens is 388 g/mol. The summed E-state index contributed by atoms with van der Waals surface area (Å²) >= 11 is 0. The number of aromatic nitrogens is 1. The number of amides is 2. The molecule has 0 radical (unpaired) electrons. The van der Waals surface area contributed by atoms with Gasteiger partial charge in [0.15, 0.2) is 17.3 Å². The third-order valence-electron chi connectivity index (χ3n) is 4.23. The molecule has 0 aromatic carbocycles. The van der Waals surface area contributed by atoms with Crippen molar-refractivity contribution in [2.75, 3.05) is 12.0 Å². The summed E-state index contributed by atoms with van der Waals surface area (Å²) in [5.41, 5.74) is 4.41. The fraction of sp³-hybridized carbons (Fsp3) is 0.471. The molecule has 0 spiro atoms. The van der Waals surface area contributed by atoms with E-state index in [0.29, 0.717) is 25.1 Å². The second kappa shape index (κ2) is 8.57. The van der Waals surface area contributed by atoms with Crippen molar-refractivity contribution in [1.82, 2.24) is 15.6 Å². The monoisotopic (exact) mass is 411 g/mol. The first-order chi connectivity index (χ1) is 13.5. The largest absolute Gasteiger partial charge is 0.376 e. The van der Waals surface area contributed by atoms with Crippen LogP contribution in [0.2, 0.25) is 0 Å². The molecule has 1 aromatic rings. The Labute approximate surface area is 165 Å². The number of nitrogens with two attached hydrogens (primary N) is 1. The molecule has 1 fully saturated rings. The number of carbonyl (C=O) groups is 2. The molecule has 1 aliphatic carbocycles. The van der Waals surface area contributed by atoms with Crippen molar-refractivity contribution < 1.29 is 23.5 Å². The van der Waals surface area contributed by atoms with Crippen molar-refractivity contribution in [3.63, 3.8) is 0 Å². The molecule has 29 heavy (non-hydrogen) atoms. The van der Waals surface area contributed by atoms with Crippen molar-refractivity contribution >= 4 is 29.6 Å². The van der Waals surface area contributed by atoms with E-state index in [1.165, 1.54) is 13.8 Å². The lowest BCUT2D eigenvalue weighted by Crippen LogP contribution is -2.68. The Morgan fingerprint density at radius 3 is 2.59 bits per heavy atom. The second-order valence-corrected chi connectivity index (χ2v) is 7.21. The molecule has 1 aromatic heterocycles. The number of anilines is 1. The van der Waals surface area contributed by atoms with Crippen LogP contribution in [-0.2, 0) is 9.59 Å². The van der Waals surface area contributed by atoms with Crippen molar-refractivity contribution in [3.05, 3.63) is 23.9 Å². The summed E-state index contributed by atoms with van der Waals surface area (Å²) in [6.07, 6.45) is 2.73. The first kappa shape index (κ1) is 22.3. The normalized spacial score (nSPS) is 16.7. The molecule has 10 nitrogen and oxygen atoms in total. The third-order valence-corrected chi connectivity index (χ3v) is 4.23. The lowest BCUT2D eigenvalue weighted by molar-refractivity contribution is -0.129. The minimum Gasteiger partial charge on any atom is -0.376 e. The standard InChI is InChI=1S/C17H23F2N7O3/c1-16(2,29)26-17(15(21)28,9-3-4-9)8-23-14(27)12(6-20)24-25-13-11(19)5-10(18)7-22-13/h5-7,9,20,26,29H,3-4,8H2,1-2H3,(H2,21,28)(H,22,25)(H,23,27)/b20-6?,24-12+. The molecule has 7 N–H and O–H groups in total. The highest BCUT2D eigenvalue weighted by Crippen LogP contribution is 2.40. The minimum absolute atomic E-state index is 0.178. The number of hydrogen-bond donors (Lipinski definition) is 6. The number of primary amides is 1. The van der Waals surface area contributed by atoms with Crippen LogP contribution in [0.15, 0.2) is 17.4 Å². The van der Waals surface area contributed by atoms with Gasteiger partial charge in [-0.1, -0.05) is 0 Å². The molecule has 2 amide bonds. The molecule has 158 valence electrons. The van der Waals surface area contributed by atoms with Gasteiger partial charge in [-0.25, -0.2) is 13.8 Å². The van der Waals surface area contributed by atoms with Crippen LogP contribution >= 0.6 is 0 Å². The molecular formula is C17H23F2N7O3. The summed E-state index contributed by atoms with van der Waals surface area (Å²) in [6, 6.07) is 0.578. The van der Waals surface area contributed by atoms with E-state index in [4.69, 9.17) is 11.1 Å². The zero-order chi connectivity index (χ0) is 21.8. The predicted octanol–water partition coefficient (Wildman–Crippen LogP) is -0.154. The van der Waals surface area contributed by atoms with Crippen LogP contribution in [0.5, 0.6) is 0 Å². The minimum atomic E-state index is -1.44. The maximum Gasteiger partial charge on any atom is 0.273 e. The number of hydrogen-bond acceptors (Lipinski definition) is 8. The summed E-state index contributed by atoms with van der Waals surface area (Å²) in [5, 5.41) is 26.2. The van der Waals surface area contributed by atoms with Crippen LogP contribution in [0.25, 0.3) is 0 Å². The van der Waals surface area contributed by atoms with Crippen LogP contribution in [0.3, 0.4) is 0 Å². The number of pyridine rings is 1. The summed E-state index contributed by atoms with van der Waals surface area (Å²) in [7, 11) is 0.